The molecule has 1 heterocycles. The maximum Gasteiger partial charge on any atom is 0.162 e. The molecule has 0 fully saturated rings. The minimum Gasteiger partial charge on any atom is -0.356 e. The van der Waals surface area contributed by atoms with Crippen LogP contribution in [0.15, 0.2) is 28.6 Å². The summed E-state index contributed by atoms with van der Waals surface area (Å²) >= 11 is 7.37. The number of rotatable bonds is 6. The summed E-state index contributed by atoms with van der Waals surface area (Å²) in [7, 11) is 3.34. The molecule has 2 rings (SSSR count). The first-order valence-corrected chi connectivity index (χ1v) is 10.8. The highest BCUT2D eigenvalue weighted by Gasteiger charge is 2.15. The maximum absolute atomic E-state index is 5.64. The molecule has 1 aromatic heterocycles. The van der Waals surface area contributed by atoms with Crippen molar-refractivity contribution >= 4 is 59.7 Å². The van der Waals surface area contributed by atoms with E-state index in [-0.39, 0.29) is 0 Å². The van der Waals surface area contributed by atoms with Gasteiger partial charge in [-0.1, -0.05) is 52.0 Å². The van der Waals surface area contributed by atoms with Gasteiger partial charge < -0.3 is 4.90 Å². The molecule has 0 N–H and O–H groups in total. The van der Waals surface area contributed by atoms with Crippen molar-refractivity contribution in [2.45, 2.75) is 32.0 Å². The molecule has 0 aliphatic heterocycles. The number of fused-ring (bicyclic) bond motifs is 1. The van der Waals surface area contributed by atoms with Crippen LogP contribution in [-0.2, 0) is 0 Å². The Morgan fingerprint density at radius 2 is 1.82 bits per heavy atom. The van der Waals surface area contributed by atoms with Crippen LogP contribution < -0.4 is 0 Å². The number of nitrogens with zero attached hydrogens (tertiary/aromatic N) is 2. The molecule has 120 valence electrons. The molecule has 0 bridgehead atoms. The number of para-hydroxylation sites is 1. The van der Waals surface area contributed by atoms with Crippen LogP contribution in [0.2, 0.25) is 0 Å². The van der Waals surface area contributed by atoms with Crippen LogP contribution >= 0.6 is 45.1 Å². The normalized spacial score (nSPS) is 11.5. The fourth-order valence-electron chi connectivity index (χ4n) is 2.12. The van der Waals surface area contributed by atoms with Crippen molar-refractivity contribution in [2.24, 2.45) is 11.8 Å². The van der Waals surface area contributed by atoms with Gasteiger partial charge in [0.1, 0.15) is 4.32 Å². The first kappa shape index (κ1) is 18.0. The van der Waals surface area contributed by atoms with E-state index < -0.39 is 0 Å². The molecule has 0 aliphatic rings. The van der Waals surface area contributed by atoms with E-state index in [1.54, 1.807) is 32.9 Å². The lowest BCUT2D eigenvalue weighted by atomic mass is 10.1. The fourth-order valence-corrected chi connectivity index (χ4v) is 5.67. The van der Waals surface area contributed by atoms with Crippen molar-refractivity contribution in [3.05, 3.63) is 24.3 Å². The van der Waals surface area contributed by atoms with E-state index >= 15 is 0 Å². The minimum absolute atomic E-state index is 0.616. The summed E-state index contributed by atoms with van der Waals surface area (Å²) in [6, 6.07) is 8.26. The lowest BCUT2D eigenvalue weighted by Gasteiger charge is -2.27. The number of thiazole rings is 1. The molecule has 0 atom stereocenters. The van der Waals surface area contributed by atoms with Crippen molar-refractivity contribution in [2.75, 3.05) is 13.1 Å². The van der Waals surface area contributed by atoms with Gasteiger partial charge in [-0.2, -0.15) is 0 Å². The maximum atomic E-state index is 5.64. The van der Waals surface area contributed by atoms with Gasteiger partial charge in [-0.05, 0) is 45.6 Å². The number of hydrogen-bond acceptors (Lipinski definition) is 5. The molecule has 0 unspecified atom stereocenters. The Morgan fingerprint density at radius 3 is 2.41 bits per heavy atom. The molecular formula is C16H22N2S4. The highest BCUT2D eigenvalue weighted by molar-refractivity contribution is 8.83. The fraction of sp³-hybridized carbons (Fsp3) is 0.500. The van der Waals surface area contributed by atoms with Gasteiger partial charge in [-0.15, -0.1) is 11.3 Å². The zero-order valence-electron chi connectivity index (χ0n) is 13.4. The van der Waals surface area contributed by atoms with Crippen molar-refractivity contribution in [3.63, 3.8) is 0 Å². The second kappa shape index (κ2) is 8.52. The standard InChI is InChI=1S/C16H22N2S4/c1-11(2)9-18(10-12(3)4)16(19)22-21-15-17-13-7-5-6-8-14(13)20-15/h5-8,11-12H,9-10H2,1-4H3. The molecule has 0 amide bonds. The van der Waals surface area contributed by atoms with Gasteiger partial charge in [0.15, 0.2) is 4.34 Å². The van der Waals surface area contributed by atoms with E-state index in [0.29, 0.717) is 11.8 Å². The molecule has 0 saturated heterocycles. The van der Waals surface area contributed by atoms with Crippen LogP contribution in [0.25, 0.3) is 10.2 Å². The number of thiocarbonyl (C=S) groups is 1. The molecule has 2 aromatic rings. The monoisotopic (exact) mass is 370 g/mol. The SMILES string of the molecule is CC(C)CN(CC(C)C)C(=S)SSc1nc2ccccc2s1. The zero-order valence-corrected chi connectivity index (χ0v) is 16.7. The van der Waals surface area contributed by atoms with Crippen LogP contribution in [0.5, 0.6) is 0 Å². The van der Waals surface area contributed by atoms with Crippen molar-refractivity contribution < 1.29 is 0 Å². The molecule has 1 aromatic carbocycles. The van der Waals surface area contributed by atoms with E-state index in [1.165, 1.54) is 4.70 Å². The van der Waals surface area contributed by atoms with E-state index in [0.717, 1.165) is 27.3 Å². The summed E-state index contributed by atoms with van der Waals surface area (Å²) in [5.74, 6) is 1.23. The molecule has 0 saturated carbocycles. The van der Waals surface area contributed by atoms with E-state index in [2.05, 4.69) is 55.8 Å². The Bertz CT molecular complexity index is 578. The summed E-state index contributed by atoms with van der Waals surface area (Å²) in [5, 5.41) is 0. The molecule has 6 heteroatoms. The van der Waals surface area contributed by atoms with Gasteiger partial charge in [0.25, 0.3) is 0 Å². The average molecular weight is 371 g/mol. The molecule has 0 spiro atoms. The Kier molecular flexibility index (Phi) is 6.99. The average Bonchev–Trinajstić information content (AvgIpc) is 2.85. The first-order valence-electron chi connectivity index (χ1n) is 7.44. The predicted octanol–water partition coefficient (Wildman–Crippen LogP) is 5.94. The Balaban J connectivity index is 1.97. The van der Waals surface area contributed by atoms with E-state index in [1.807, 2.05) is 6.07 Å². The predicted molar refractivity (Wildman–Crippen MR) is 107 cm³/mol. The first-order chi connectivity index (χ1) is 10.5. The number of hydrogen-bond donors (Lipinski definition) is 0. The Hall–Kier alpha value is -0.300. The third-order valence-corrected chi connectivity index (χ3v) is 7.28. The van der Waals surface area contributed by atoms with Gasteiger partial charge in [0.05, 0.1) is 10.2 Å². The van der Waals surface area contributed by atoms with Gasteiger partial charge in [-0.25, -0.2) is 4.98 Å². The largest absolute Gasteiger partial charge is 0.356 e. The smallest absolute Gasteiger partial charge is 0.162 e. The topological polar surface area (TPSA) is 16.1 Å². The summed E-state index contributed by atoms with van der Waals surface area (Å²) in [5.41, 5.74) is 1.07. The summed E-state index contributed by atoms with van der Waals surface area (Å²) in [6.07, 6.45) is 0. The van der Waals surface area contributed by atoms with Crippen LogP contribution in [0.3, 0.4) is 0 Å². The van der Waals surface area contributed by atoms with Crippen LogP contribution in [-0.4, -0.2) is 27.3 Å². The third kappa shape index (κ3) is 5.41. The quantitative estimate of drug-likeness (QED) is 0.461. The van der Waals surface area contributed by atoms with Crippen molar-refractivity contribution in [1.82, 2.24) is 9.88 Å². The molecule has 0 aliphatic carbocycles. The molecular weight excluding hydrogens is 348 g/mol. The molecule has 2 nitrogen and oxygen atoms in total. The van der Waals surface area contributed by atoms with Crippen molar-refractivity contribution in [3.8, 4) is 0 Å². The zero-order chi connectivity index (χ0) is 16.1. The minimum atomic E-state index is 0.616. The lowest BCUT2D eigenvalue weighted by molar-refractivity contribution is 0.337. The van der Waals surface area contributed by atoms with Crippen molar-refractivity contribution in [1.29, 1.82) is 0 Å². The summed E-state index contributed by atoms with van der Waals surface area (Å²) in [6.45, 7) is 11.0. The Labute approximate surface area is 150 Å². The number of benzene rings is 1. The van der Waals surface area contributed by atoms with Gasteiger partial charge >= 0.3 is 0 Å². The highest BCUT2D eigenvalue weighted by atomic mass is 33.1. The van der Waals surface area contributed by atoms with Crippen LogP contribution in [0.1, 0.15) is 27.7 Å². The Morgan fingerprint density at radius 1 is 1.18 bits per heavy atom. The molecule has 0 radical (unpaired) electrons. The summed E-state index contributed by atoms with van der Waals surface area (Å²) < 4.78 is 3.27. The number of aromatic nitrogens is 1. The summed E-state index contributed by atoms with van der Waals surface area (Å²) in [4.78, 5) is 6.98. The van der Waals surface area contributed by atoms with Gasteiger partial charge in [0.2, 0.25) is 0 Å². The van der Waals surface area contributed by atoms with Gasteiger partial charge in [0, 0.05) is 13.1 Å². The second-order valence-corrected chi connectivity index (χ2v) is 10.1. The van der Waals surface area contributed by atoms with Crippen LogP contribution in [0, 0.1) is 11.8 Å². The van der Waals surface area contributed by atoms with Gasteiger partial charge in [-0.3, -0.25) is 0 Å². The highest BCUT2D eigenvalue weighted by Crippen LogP contribution is 2.38. The van der Waals surface area contributed by atoms with E-state index in [4.69, 9.17) is 12.2 Å². The van der Waals surface area contributed by atoms with E-state index in [9.17, 15) is 0 Å². The third-order valence-electron chi connectivity index (χ3n) is 2.89. The molecule has 22 heavy (non-hydrogen) atoms. The second-order valence-electron chi connectivity index (χ2n) is 6.07. The van der Waals surface area contributed by atoms with Crippen LogP contribution in [0.4, 0.5) is 0 Å². The lowest BCUT2D eigenvalue weighted by Crippen LogP contribution is -2.34.